The number of pyridine rings is 2. The van der Waals surface area contributed by atoms with Crippen molar-refractivity contribution in [1.82, 2.24) is 14.5 Å². The van der Waals surface area contributed by atoms with E-state index in [-0.39, 0.29) is 23.9 Å². The lowest BCUT2D eigenvalue weighted by atomic mass is 10.1. The minimum Gasteiger partial charge on any atom is -0.503 e. The van der Waals surface area contributed by atoms with Crippen LogP contribution >= 0.6 is 0 Å². The highest BCUT2D eigenvalue weighted by Crippen LogP contribution is 2.28. The first-order valence-electron chi connectivity index (χ1n) is 8.61. The minimum atomic E-state index is -0.706. The van der Waals surface area contributed by atoms with Crippen LogP contribution in [0.3, 0.4) is 0 Å². The Balaban J connectivity index is 1.68. The summed E-state index contributed by atoms with van der Waals surface area (Å²) in [6.45, 7) is 0.904. The van der Waals surface area contributed by atoms with Crippen LogP contribution in [0.5, 0.6) is 17.4 Å². The Morgan fingerprint density at radius 1 is 1.14 bits per heavy atom. The average Bonchev–Trinajstić information content (AvgIpc) is 2.70. The van der Waals surface area contributed by atoms with Gasteiger partial charge in [0, 0.05) is 25.8 Å². The molecule has 2 aromatic heterocycles. The molecule has 1 aromatic carbocycles. The van der Waals surface area contributed by atoms with Crippen LogP contribution in [0.15, 0.2) is 59.7 Å². The molecule has 0 bridgehead atoms. The van der Waals surface area contributed by atoms with Gasteiger partial charge in [0.2, 0.25) is 11.3 Å². The van der Waals surface area contributed by atoms with Crippen LogP contribution in [0.2, 0.25) is 0 Å². The summed E-state index contributed by atoms with van der Waals surface area (Å²) in [6, 6.07) is 10.3. The number of carbonyl (C=O) groups excluding carboxylic acids is 1. The van der Waals surface area contributed by atoms with Crippen molar-refractivity contribution in [2.45, 2.75) is 13.1 Å². The molecule has 0 saturated carbocycles. The van der Waals surface area contributed by atoms with E-state index in [9.17, 15) is 19.1 Å². The van der Waals surface area contributed by atoms with Gasteiger partial charge in [-0.05, 0) is 29.8 Å². The zero-order chi connectivity index (χ0) is 19.7. The first kappa shape index (κ1) is 17.7. The fraction of sp³-hybridized carbons (Fsp3) is 0.150. The van der Waals surface area contributed by atoms with Crippen LogP contribution in [0.1, 0.15) is 16.1 Å². The molecule has 3 aromatic rings. The molecule has 0 saturated heterocycles. The van der Waals surface area contributed by atoms with Gasteiger partial charge in [-0.2, -0.15) is 0 Å². The zero-order valence-electron chi connectivity index (χ0n) is 14.7. The van der Waals surface area contributed by atoms with Crippen LogP contribution in [0.4, 0.5) is 4.39 Å². The van der Waals surface area contributed by atoms with Gasteiger partial charge in [0.1, 0.15) is 11.6 Å². The third kappa shape index (κ3) is 3.32. The predicted molar refractivity (Wildman–Crippen MR) is 97.8 cm³/mol. The van der Waals surface area contributed by atoms with Gasteiger partial charge in [0.05, 0.1) is 12.3 Å². The molecule has 4 rings (SSSR count). The number of benzene rings is 1. The van der Waals surface area contributed by atoms with Gasteiger partial charge >= 0.3 is 0 Å². The van der Waals surface area contributed by atoms with Crippen molar-refractivity contribution in [2.75, 3.05) is 6.54 Å². The number of hydrogen-bond donors (Lipinski definition) is 1. The lowest BCUT2D eigenvalue weighted by Gasteiger charge is -2.31. The molecule has 7 nitrogen and oxygen atoms in total. The Hall–Kier alpha value is -3.68. The van der Waals surface area contributed by atoms with E-state index in [4.69, 9.17) is 4.74 Å². The van der Waals surface area contributed by atoms with Gasteiger partial charge in [-0.25, -0.2) is 4.39 Å². The van der Waals surface area contributed by atoms with Crippen molar-refractivity contribution in [3.63, 3.8) is 0 Å². The summed E-state index contributed by atoms with van der Waals surface area (Å²) in [7, 11) is 0. The monoisotopic (exact) mass is 381 g/mol. The molecule has 8 heteroatoms. The maximum absolute atomic E-state index is 13.1. The molecule has 1 aliphatic heterocycles. The summed E-state index contributed by atoms with van der Waals surface area (Å²) < 4.78 is 20.3. The normalized spacial score (nSPS) is 13.3. The lowest BCUT2D eigenvalue weighted by molar-refractivity contribution is 0.0678. The Morgan fingerprint density at radius 2 is 1.93 bits per heavy atom. The molecular weight excluding hydrogens is 365 g/mol. The van der Waals surface area contributed by atoms with Gasteiger partial charge in [-0.3, -0.25) is 14.6 Å². The number of aromatic nitrogens is 2. The van der Waals surface area contributed by atoms with E-state index in [0.717, 1.165) is 11.6 Å². The topological polar surface area (TPSA) is 84.7 Å². The van der Waals surface area contributed by atoms with Crippen LogP contribution in [-0.2, 0) is 13.1 Å². The molecule has 28 heavy (non-hydrogen) atoms. The third-order valence-electron chi connectivity index (χ3n) is 4.48. The third-order valence-corrected chi connectivity index (χ3v) is 4.48. The highest BCUT2D eigenvalue weighted by Gasteiger charge is 2.30. The fourth-order valence-corrected chi connectivity index (χ4v) is 3.10. The van der Waals surface area contributed by atoms with Gasteiger partial charge in [-0.15, -0.1) is 0 Å². The van der Waals surface area contributed by atoms with Crippen LogP contribution in [0, 0.1) is 5.82 Å². The quantitative estimate of drug-likeness (QED) is 0.751. The fourth-order valence-electron chi connectivity index (χ4n) is 3.10. The molecule has 0 aliphatic carbocycles. The molecule has 1 amide bonds. The summed E-state index contributed by atoms with van der Waals surface area (Å²) in [5.41, 5.74) is -0.0883. The molecule has 142 valence electrons. The minimum absolute atomic E-state index is 0.125. The maximum Gasteiger partial charge on any atom is 0.274 e. The van der Waals surface area contributed by atoms with Crippen molar-refractivity contribution in [3.8, 4) is 17.4 Å². The van der Waals surface area contributed by atoms with Gasteiger partial charge in [0.25, 0.3) is 5.91 Å². The molecule has 0 unspecified atom stereocenters. The highest BCUT2D eigenvalue weighted by molar-refractivity contribution is 5.96. The van der Waals surface area contributed by atoms with Crippen LogP contribution in [0.25, 0.3) is 0 Å². The van der Waals surface area contributed by atoms with Crippen molar-refractivity contribution in [3.05, 3.63) is 82.2 Å². The number of halogens is 1. The second-order valence-corrected chi connectivity index (χ2v) is 6.34. The van der Waals surface area contributed by atoms with Crippen molar-refractivity contribution < 1.29 is 19.0 Å². The average molecular weight is 381 g/mol. The number of fused-ring (bicyclic) bond motifs is 1. The number of ether oxygens (including phenoxy) is 1. The van der Waals surface area contributed by atoms with E-state index in [1.54, 1.807) is 30.5 Å². The molecule has 1 N–H and O–H groups in total. The maximum atomic E-state index is 13.1. The first-order valence-corrected chi connectivity index (χ1v) is 8.61. The predicted octanol–water partition coefficient (Wildman–Crippen LogP) is 2.54. The summed E-state index contributed by atoms with van der Waals surface area (Å²) >= 11 is 0. The molecule has 0 spiro atoms. The van der Waals surface area contributed by atoms with Crippen molar-refractivity contribution >= 4 is 5.91 Å². The van der Waals surface area contributed by atoms with E-state index in [1.807, 2.05) is 0 Å². The SMILES string of the molecule is O=C1c2c(O)c(=O)cc(Oc3cccnc3)n2CCN1Cc1ccc(F)cc1. The standard InChI is InChI=1S/C20H16FN3O4/c21-14-5-3-13(4-6-14)12-23-8-9-24-17(28-15-2-1-7-22-11-15)10-16(25)19(26)18(24)20(23)27/h1-7,10-11,26H,8-9,12H2. The van der Waals surface area contributed by atoms with Gasteiger partial charge < -0.3 is 19.3 Å². The second kappa shape index (κ2) is 7.15. The Morgan fingerprint density at radius 3 is 2.64 bits per heavy atom. The van der Waals surface area contributed by atoms with E-state index in [2.05, 4.69) is 4.98 Å². The first-order chi connectivity index (χ1) is 13.5. The number of hydrogen-bond acceptors (Lipinski definition) is 5. The number of rotatable bonds is 4. The molecule has 0 fully saturated rings. The molecule has 1 aliphatic rings. The van der Waals surface area contributed by atoms with E-state index in [1.165, 1.54) is 27.8 Å². The highest BCUT2D eigenvalue weighted by atomic mass is 19.1. The smallest absolute Gasteiger partial charge is 0.274 e. The molecular formula is C20H16FN3O4. The largest absolute Gasteiger partial charge is 0.503 e. The lowest BCUT2D eigenvalue weighted by Crippen LogP contribution is -2.41. The summed E-state index contributed by atoms with van der Waals surface area (Å²) in [5, 5.41) is 10.2. The number of amides is 1. The van der Waals surface area contributed by atoms with Crippen LogP contribution in [-0.4, -0.2) is 32.0 Å². The molecule has 3 heterocycles. The number of aromatic hydroxyl groups is 1. The number of carbonyl (C=O) groups is 1. The van der Waals surface area contributed by atoms with Gasteiger partial charge in [-0.1, -0.05) is 12.1 Å². The van der Waals surface area contributed by atoms with Crippen LogP contribution < -0.4 is 10.2 Å². The zero-order valence-corrected chi connectivity index (χ0v) is 14.7. The van der Waals surface area contributed by atoms with E-state index in [0.29, 0.717) is 18.8 Å². The summed E-state index contributed by atoms with van der Waals surface area (Å²) in [4.78, 5) is 30.6. The number of nitrogens with zero attached hydrogens (tertiary/aromatic N) is 3. The van der Waals surface area contributed by atoms with E-state index >= 15 is 0 Å². The Labute approximate surface area is 159 Å². The molecule has 0 atom stereocenters. The Kier molecular flexibility index (Phi) is 4.52. The Bertz CT molecular complexity index is 1080. The van der Waals surface area contributed by atoms with Gasteiger partial charge in [0.15, 0.2) is 11.4 Å². The van der Waals surface area contributed by atoms with E-state index < -0.39 is 17.1 Å². The van der Waals surface area contributed by atoms with Crippen molar-refractivity contribution in [1.29, 1.82) is 0 Å². The van der Waals surface area contributed by atoms with Crippen molar-refractivity contribution in [2.24, 2.45) is 0 Å². The summed E-state index contributed by atoms with van der Waals surface area (Å²) in [5.74, 6) is -0.918. The molecule has 0 radical (unpaired) electrons. The second-order valence-electron chi connectivity index (χ2n) is 6.34. The summed E-state index contributed by atoms with van der Waals surface area (Å²) in [6.07, 6.45) is 3.07.